The summed E-state index contributed by atoms with van der Waals surface area (Å²) in [6.07, 6.45) is 5.90. The largest absolute Gasteiger partial charge is 0.481 e. The molecule has 1 fully saturated rings. The van der Waals surface area contributed by atoms with E-state index in [1.165, 1.54) is 12.8 Å². The highest BCUT2D eigenvalue weighted by Crippen LogP contribution is 2.38. The van der Waals surface area contributed by atoms with Crippen molar-refractivity contribution in [2.75, 3.05) is 13.1 Å². The van der Waals surface area contributed by atoms with Crippen molar-refractivity contribution < 1.29 is 9.90 Å². The molecule has 124 valence electrons. The molecule has 0 aromatic rings. The molecule has 3 nitrogen and oxygen atoms in total. The molecule has 0 bridgehead atoms. The van der Waals surface area contributed by atoms with Gasteiger partial charge in [-0.05, 0) is 57.0 Å². The number of aliphatic carboxylic acids is 1. The van der Waals surface area contributed by atoms with Crippen LogP contribution in [0, 0.1) is 17.3 Å². The first-order valence-corrected chi connectivity index (χ1v) is 8.78. The van der Waals surface area contributed by atoms with Crippen molar-refractivity contribution in [3.63, 3.8) is 0 Å². The lowest BCUT2D eigenvalue weighted by molar-refractivity contribution is -0.153. The second kappa shape index (κ2) is 8.17. The molecule has 0 amide bonds. The first kappa shape index (κ1) is 18.5. The van der Waals surface area contributed by atoms with Gasteiger partial charge in [-0.2, -0.15) is 0 Å². The van der Waals surface area contributed by atoms with Crippen LogP contribution in [0.5, 0.6) is 0 Å². The molecule has 21 heavy (non-hydrogen) atoms. The molecular weight excluding hydrogens is 262 g/mol. The molecule has 0 atom stereocenters. The molecule has 0 aromatic heterocycles. The van der Waals surface area contributed by atoms with Crippen molar-refractivity contribution in [1.82, 2.24) is 4.90 Å². The number of carbonyl (C=O) groups is 1. The Bertz CT molecular complexity index is 307. The van der Waals surface area contributed by atoms with Crippen LogP contribution in [0.25, 0.3) is 0 Å². The van der Waals surface area contributed by atoms with Crippen LogP contribution >= 0.6 is 0 Å². The molecule has 0 spiro atoms. The molecule has 1 rings (SSSR count). The summed E-state index contributed by atoms with van der Waals surface area (Å²) in [5, 5.41) is 9.62. The first-order valence-electron chi connectivity index (χ1n) is 8.78. The minimum atomic E-state index is -0.576. The van der Waals surface area contributed by atoms with Crippen LogP contribution in [0.4, 0.5) is 0 Å². The Balaban J connectivity index is 2.68. The molecule has 1 saturated heterocycles. The maximum atomic E-state index is 11.7. The molecule has 3 heteroatoms. The average Bonchev–Trinajstić information content (AvgIpc) is 2.37. The van der Waals surface area contributed by atoms with Crippen molar-refractivity contribution >= 4 is 5.97 Å². The molecule has 1 N–H and O–H groups in total. The molecule has 0 radical (unpaired) electrons. The molecule has 0 aliphatic carbocycles. The minimum absolute atomic E-state index is 0.453. The van der Waals surface area contributed by atoms with E-state index in [-0.39, 0.29) is 0 Å². The summed E-state index contributed by atoms with van der Waals surface area (Å²) in [5.74, 6) is 0.833. The van der Waals surface area contributed by atoms with Gasteiger partial charge in [-0.25, -0.2) is 0 Å². The van der Waals surface area contributed by atoms with Gasteiger partial charge in [0.05, 0.1) is 5.41 Å². The van der Waals surface area contributed by atoms with Gasteiger partial charge in [-0.1, -0.05) is 41.0 Å². The zero-order valence-corrected chi connectivity index (χ0v) is 14.7. The Morgan fingerprint density at radius 3 is 1.90 bits per heavy atom. The van der Waals surface area contributed by atoms with Crippen molar-refractivity contribution in [3.8, 4) is 0 Å². The number of hydrogen-bond acceptors (Lipinski definition) is 2. The highest BCUT2D eigenvalue weighted by molar-refractivity contribution is 5.74. The van der Waals surface area contributed by atoms with E-state index in [1.807, 2.05) is 0 Å². The third-order valence-electron chi connectivity index (χ3n) is 4.94. The van der Waals surface area contributed by atoms with Crippen LogP contribution in [0.3, 0.4) is 0 Å². The van der Waals surface area contributed by atoms with E-state index in [0.29, 0.717) is 17.9 Å². The fourth-order valence-corrected chi connectivity index (χ4v) is 3.85. The maximum Gasteiger partial charge on any atom is 0.309 e. The number of likely N-dealkylation sites (tertiary alicyclic amines) is 1. The monoisotopic (exact) mass is 297 g/mol. The van der Waals surface area contributed by atoms with Gasteiger partial charge in [-0.15, -0.1) is 0 Å². The van der Waals surface area contributed by atoms with Gasteiger partial charge in [0.2, 0.25) is 0 Å². The van der Waals surface area contributed by atoms with Crippen LogP contribution in [0.15, 0.2) is 0 Å². The van der Waals surface area contributed by atoms with Crippen LogP contribution in [-0.4, -0.2) is 35.1 Å². The Morgan fingerprint density at radius 1 is 1.10 bits per heavy atom. The topological polar surface area (TPSA) is 40.5 Å². The summed E-state index contributed by atoms with van der Waals surface area (Å²) in [6.45, 7) is 13.2. The fraction of sp³-hybridized carbons (Fsp3) is 0.944. The predicted octanol–water partition coefficient (Wildman–Crippen LogP) is 4.41. The summed E-state index contributed by atoms with van der Waals surface area (Å²) in [7, 11) is 0. The molecular formula is C18H35NO2. The zero-order chi connectivity index (χ0) is 16.0. The van der Waals surface area contributed by atoms with E-state index in [0.717, 1.165) is 38.8 Å². The van der Waals surface area contributed by atoms with Gasteiger partial charge in [-0.3, -0.25) is 4.79 Å². The summed E-state index contributed by atoms with van der Waals surface area (Å²) in [4.78, 5) is 14.2. The predicted molar refractivity (Wildman–Crippen MR) is 88.5 cm³/mol. The van der Waals surface area contributed by atoms with Gasteiger partial charge in [0, 0.05) is 6.04 Å². The van der Waals surface area contributed by atoms with Crippen molar-refractivity contribution in [3.05, 3.63) is 0 Å². The summed E-state index contributed by atoms with van der Waals surface area (Å²) in [5.41, 5.74) is -0.453. The zero-order valence-electron chi connectivity index (χ0n) is 14.7. The lowest BCUT2D eigenvalue weighted by Gasteiger charge is -2.43. The number of carboxylic acids is 1. The van der Waals surface area contributed by atoms with E-state index >= 15 is 0 Å². The van der Waals surface area contributed by atoms with E-state index < -0.39 is 11.4 Å². The Morgan fingerprint density at radius 2 is 1.57 bits per heavy atom. The normalized spacial score (nSPS) is 19.6. The number of hydrogen-bond donors (Lipinski definition) is 1. The lowest BCUT2D eigenvalue weighted by Crippen LogP contribution is -2.48. The quantitative estimate of drug-likeness (QED) is 0.721. The molecule has 1 aliphatic heterocycles. The van der Waals surface area contributed by atoms with E-state index in [4.69, 9.17) is 0 Å². The Kier molecular flexibility index (Phi) is 7.19. The smallest absolute Gasteiger partial charge is 0.309 e. The highest BCUT2D eigenvalue weighted by Gasteiger charge is 2.41. The number of rotatable bonds is 8. The van der Waals surface area contributed by atoms with Gasteiger partial charge < -0.3 is 10.0 Å². The summed E-state index contributed by atoms with van der Waals surface area (Å²) in [6, 6.07) is 0.624. The van der Waals surface area contributed by atoms with Crippen molar-refractivity contribution in [2.45, 2.75) is 79.2 Å². The van der Waals surface area contributed by atoms with Gasteiger partial charge in [0.15, 0.2) is 0 Å². The molecule has 0 saturated carbocycles. The molecule has 0 unspecified atom stereocenters. The van der Waals surface area contributed by atoms with Crippen molar-refractivity contribution in [1.29, 1.82) is 0 Å². The minimum Gasteiger partial charge on any atom is -0.481 e. The van der Waals surface area contributed by atoms with Crippen LogP contribution < -0.4 is 0 Å². The Hall–Kier alpha value is -0.570. The van der Waals surface area contributed by atoms with E-state index in [2.05, 4.69) is 39.5 Å². The third-order valence-corrected chi connectivity index (χ3v) is 4.94. The maximum absolute atomic E-state index is 11.7. The summed E-state index contributed by atoms with van der Waals surface area (Å²) >= 11 is 0. The summed E-state index contributed by atoms with van der Waals surface area (Å²) < 4.78 is 0. The first-order chi connectivity index (χ1) is 9.80. The lowest BCUT2D eigenvalue weighted by atomic mass is 9.74. The van der Waals surface area contributed by atoms with E-state index in [1.54, 1.807) is 0 Å². The highest BCUT2D eigenvalue weighted by atomic mass is 16.4. The number of carboxylic acid groups (broad SMARTS) is 1. The standard InChI is InChI=1S/C18H35NO2/c1-6-7-18(17(20)21)8-10-19(11-9-18)16(12-14(2)3)13-15(4)5/h14-16H,6-13H2,1-5H3,(H,20,21). The SMILES string of the molecule is CCCC1(C(=O)O)CCN(C(CC(C)C)CC(C)C)CC1. The third kappa shape index (κ3) is 5.28. The van der Waals surface area contributed by atoms with E-state index in [9.17, 15) is 9.90 Å². The van der Waals surface area contributed by atoms with Crippen LogP contribution in [-0.2, 0) is 4.79 Å². The van der Waals surface area contributed by atoms with Gasteiger partial charge >= 0.3 is 5.97 Å². The van der Waals surface area contributed by atoms with Crippen molar-refractivity contribution in [2.24, 2.45) is 17.3 Å². The van der Waals surface area contributed by atoms with Crippen LogP contribution in [0.2, 0.25) is 0 Å². The average molecular weight is 297 g/mol. The fourth-order valence-electron chi connectivity index (χ4n) is 3.85. The number of piperidine rings is 1. The molecule has 1 aliphatic rings. The molecule has 0 aromatic carbocycles. The molecule has 1 heterocycles. The van der Waals surface area contributed by atoms with Gasteiger partial charge in [0.1, 0.15) is 0 Å². The second-order valence-corrected chi connectivity index (χ2v) is 7.78. The second-order valence-electron chi connectivity index (χ2n) is 7.78. The van der Waals surface area contributed by atoms with Gasteiger partial charge in [0.25, 0.3) is 0 Å². The Labute approximate surface area is 131 Å². The van der Waals surface area contributed by atoms with Crippen LogP contribution in [0.1, 0.15) is 73.1 Å². The number of nitrogens with zero attached hydrogens (tertiary/aromatic N) is 1.